The molecule has 3 saturated heterocycles. The average Bonchev–Trinajstić information content (AvgIpc) is 2.56. The number of fused-ring (bicyclic) bond motifs is 4. The first-order chi connectivity index (χ1) is 10.3. The van der Waals surface area contributed by atoms with Crippen LogP contribution in [-0.2, 0) is 0 Å². The van der Waals surface area contributed by atoms with Gasteiger partial charge >= 0.3 is 0 Å². The molecule has 3 aliphatic rings. The molecule has 0 radical (unpaired) electrons. The van der Waals surface area contributed by atoms with E-state index in [1.807, 2.05) is 35.0 Å². The standard InChI is InChI=1S/C17H20N2O2/c1-21-16-4-2-3-14-13(16)7-10-19(17(14)20)15-11-18-8-5-12(15)6-9-18/h2-4,7,10,12,15H,5-6,8-9,11H2,1H3/t15-/m1/s1. The molecule has 3 aliphatic heterocycles. The van der Waals surface area contributed by atoms with E-state index in [-0.39, 0.29) is 5.56 Å². The molecule has 21 heavy (non-hydrogen) atoms. The summed E-state index contributed by atoms with van der Waals surface area (Å²) in [5.41, 5.74) is 0.116. The van der Waals surface area contributed by atoms with Gasteiger partial charge in [0.15, 0.2) is 0 Å². The van der Waals surface area contributed by atoms with Gasteiger partial charge in [-0.1, -0.05) is 6.07 Å². The normalized spacial score (nSPS) is 28.0. The molecule has 2 bridgehead atoms. The minimum atomic E-state index is 0.116. The lowest BCUT2D eigenvalue weighted by molar-refractivity contribution is 0.0556. The first-order valence-electron chi connectivity index (χ1n) is 7.68. The summed E-state index contributed by atoms with van der Waals surface area (Å²) in [5.74, 6) is 1.42. The van der Waals surface area contributed by atoms with E-state index in [9.17, 15) is 4.79 Å². The van der Waals surface area contributed by atoms with E-state index in [0.717, 1.165) is 23.1 Å². The number of pyridine rings is 1. The minimum Gasteiger partial charge on any atom is -0.496 e. The fourth-order valence-electron chi connectivity index (χ4n) is 3.95. The highest BCUT2D eigenvalue weighted by atomic mass is 16.5. The quantitative estimate of drug-likeness (QED) is 0.848. The topological polar surface area (TPSA) is 34.5 Å². The summed E-state index contributed by atoms with van der Waals surface area (Å²) >= 11 is 0. The van der Waals surface area contributed by atoms with Crippen LogP contribution >= 0.6 is 0 Å². The number of piperidine rings is 3. The molecular weight excluding hydrogens is 264 g/mol. The second-order valence-corrected chi connectivity index (χ2v) is 6.16. The van der Waals surface area contributed by atoms with Crippen molar-refractivity contribution >= 4 is 10.8 Å². The van der Waals surface area contributed by atoms with Crippen LogP contribution in [0.4, 0.5) is 0 Å². The molecular formula is C17H20N2O2. The van der Waals surface area contributed by atoms with Gasteiger partial charge in [0, 0.05) is 18.1 Å². The Kier molecular flexibility index (Phi) is 3.00. The zero-order valence-electron chi connectivity index (χ0n) is 12.3. The Labute approximate surface area is 123 Å². The number of methoxy groups -OCH3 is 1. The summed E-state index contributed by atoms with van der Waals surface area (Å²) in [6, 6.07) is 8.05. The van der Waals surface area contributed by atoms with Crippen molar-refractivity contribution in [2.75, 3.05) is 26.7 Å². The minimum absolute atomic E-state index is 0.116. The molecule has 4 nitrogen and oxygen atoms in total. The summed E-state index contributed by atoms with van der Waals surface area (Å²) in [7, 11) is 1.65. The fourth-order valence-corrected chi connectivity index (χ4v) is 3.95. The Hall–Kier alpha value is -1.81. The van der Waals surface area contributed by atoms with E-state index in [0.29, 0.717) is 12.0 Å². The lowest BCUT2D eigenvalue weighted by Gasteiger charge is -2.45. The maximum atomic E-state index is 12.9. The van der Waals surface area contributed by atoms with Gasteiger partial charge in [0.2, 0.25) is 0 Å². The SMILES string of the molecule is COc1cccc2c(=O)n([C@@H]3CN4CCC3CC4)ccc12. The number of rotatable bonds is 2. The van der Waals surface area contributed by atoms with Crippen LogP contribution in [0, 0.1) is 5.92 Å². The molecule has 1 aromatic carbocycles. The number of aromatic nitrogens is 1. The van der Waals surface area contributed by atoms with Crippen LogP contribution in [0.15, 0.2) is 35.3 Å². The van der Waals surface area contributed by atoms with Crippen LogP contribution in [0.25, 0.3) is 10.8 Å². The molecule has 0 unspecified atom stereocenters. The Morgan fingerprint density at radius 1 is 1.14 bits per heavy atom. The highest BCUT2D eigenvalue weighted by Crippen LogP contribution is 2.35. The third-order valence-corrected chi connectivity index (χ3v) is 5.13. The van der Waals surface area contributed by atoms with Gasteiger partial charge < -0.3 is 14.2 Å². The predicted octanol–water partition coefficient (Wildman–Crippen LogP) is 2.28. The van der Waals surface area contributed by atoms with Gasteiger partial charge in [0.25, 0.3) is 5.56 Å². The molecule has 0 spiro atoms. The number of nitrogens with zero attached hydrogens (tertiary/aromatic N) is 2. The van der Waals surface area contributed by atoms with Crippen LogP contribution in [0.5, 0.6) is 5.75 Å². The molecule has 110 valence electrons. The number of hydrogen-bond donors (Lipinski definition) is 0. The van der Waals surface area contributed by atoms with Gasteiger partial charge in [0.05, 0.1) is 18.5 Å². The zero-order valence-corrected chi connectivity index (χ0v) is 12.3. The molecule has 0 N–H and O–H groups in total. The molecule has 4 heteroatoms. The first kappa shape index (κ1) is 12.9. The molecule has 1 atom stereocenters. The summed E-state index contributed by atoms with van der Waals surface area (Å²) in [6.45, 7) is 3.40. The van der Waals surface area contributed by atoms with Crippen molar-refractivity contribution in [3.63, 3.8) is 0 Å². The van der Waals surface area contributed by atoms with Gasteiger partial charge in [-0.15, -0.1) is 0 Å². The molecule has 0 aliphatic carbocycles. The molecule has 2 aromatic rings. The maximum Gasteiger partial charge on any atom is 0.258 e. The number of hydrogen-bond acceptors (Lipinski definition) is 3. The maximum absolute atomic E-state index is 12.9. The summed E-state index contributed by atoms with van der Waals surface area (Å²) in [6.07, 6.45) is 4.39. The first-order valence-corrected chi connectivity index (χ1v) is 7.68. The Morgan fingerprint density at radius 2 is 1.95 bits per heavy atom. The summed E-state index contributed by atoms with van der Waals surface area (Å²) in [4.78, 5) is 15.3. The van der Waals surface area contributed by atoms with Crippen molar-refractivity contribution in [1.29, 1.82) is 0 Å². The zero-order chi connectivity index (χ0) is 14.4. The van der Waals surface area contributed by atoms with E-state index in [1.165, 1.54) is 25.9 Å². The van der Waals surface area contributed by atoms with Crippen molar-refractivity contribution in [3.05, 3.63) is 40.8 Å². The fraction of sp³-hybridized carbons (Fsp3) is 0.471. The molecule has 5 rings (SSSR count). The molecule has 0 saturated carbocycles. The lowest BCUT2D eigenvalue weighted by atomic mass is 9.84. The van der Waals surface area contributed by atoms with Gasteiger partial charge in [-0.05, 0) is 50.0 Å². The Bertz CT molecular complexity index is 729. The number of ether oxygens (including phenoxy) is 1. The van der Waals surface area contributed by atoms with Crippen LogP contribution in [0.2, 0.25) is 0 Å². The van der Waals surface area contributed by atoms with Crippen LogP contribution in [0.1, 0.15) is 18.9 Å². The van der Waals surface area contributed by atoms with Crippen molar-refractivity contribution in [2.45, 2.75) is 18.9 Å². The lowest BCUT2D eigenvalue weighted by Crippen LogP contribution is -2.49. The largest absolute Gasteiger partial charge is 0.496 e. The van der Waals surface area contributed by atoms with Gasteiger partial charge in [0.1, 0.15) is 5.75 Å². The monoisotopic (exact) mass is 284 g/mol. The number of benzene rings is 1. The Balaban J connectivity index is 1.84. The third-order valence-electron chi connectivity index (χ3n) is 5.13. The van der Waals surface area contributed by atoms with Crippen LogP contribution in [-0.4, -0.2) is 36.2 Å². The van der Waals surface area contributed by atoms with Gasteiger partial charge in [-0.2, -0.15) is 0 Å². The van der Waals surface area contributed by atoms with E-state index in [2.05, 4.69) is 4.90 Å². The summed E-state index contributed by atoms with van der Waals surface area (Å²) < 4.78 is 7.32. The van der Waals surface area contributed by atoms with Gasteiger partial charge in [-0.25, -0.2) is 0 Å². The van der Waals surface area contributed by atoms with Crippen LogP contribution < -0.4 is 10.3 Å². The van der Waals surface area contributed by atoms with Crippen molar-refractivity contribution < 1.29 is 4.74 Å². The molecule has 1 aromatic heterocycles. The van der Waals surface area contributed by atoms with Crippen molar-refractivity contribution in [3.8, 4) is 5.75 Å². The van der Waals surface area contributed by atoms with E-state index in [1.54, 1.807) is 7.11 Å². The van der Waals surface area contributed by atoms with Crippen molar-refractivity contribution in [1.82, 2.24) is 9.47 Å². The molecule has 3 fully saturated rings. The highest BCUT2D eigenvalue weighted by Gasteiger charge is 2.35. The van der Waals surface area contributed by atoms with E-state index < -0.39 is 0 Å². The van der Waals surface area contributed by atoms with E-state index >= 15 is 0 Å². The molecule has 4 heterocycles. The van der Waals surface area contributed by atoms with Gasteiger partial charge in [-0.3, -0.25) is 4.79 Å². The highest BCUT2D eigenvalue weighted by molar-refractivity contribution is 5.87. The van der Waals surface area contributed by atoms with Crippen LogP contribution in [0.3, 0.4) is 0 Å². The average molecular weight is 284 g/mol. The second-order valence-electron chi connectivity index (χ2n) is 6.16. The Morgan fingerprint density at radius 3 is 2.62 bits per heavy atom. The second kappa shape index (κ2) is 4.88. The van der Waals surface area contributed by atoms with Crippen molar-refractivity contribution in [2.24, 2.45) is 5.92 Å². The molecule has 0 amide bonds. The van der Waals surface area contributed by atoms with E-state index in [4.69, 9.17) is 4.74 Å². The smallest absolute Gasteiger partial charge is 0.258 e. The predicted molar refractivity (Wildman–Crippen MR) is 83.0 cm³/mol. The summed E-state index contributed by atoms with van der Waals surface area (Å²) in [5, 5.41) is 1.66. The third kappa shape index (κ3) is 1.97.